The first kappa shape index (κ1) is 16.0. The van der Waals surface area contributed by atoms with Crippen molar-refractivity contribution in [3.63, 3.8) is 0 Å². The SMILES string of the molecule is Nc1ccn([C@H]2O[C@@H](CO)[C@@H](OP(=O)(O)O)[C@@H]2O)c(=O)n1. The lowest BCUT2D eigenvalue weighted by Gasteiger charge is -2.20. The van der Waals surface area contributed by atoms with E-state index in [0.29, 0.717) is 0 Å². The van der Waals surface area contributed by atoms with E-state index in [-0.39, 0.29) is 5.82 Å². The molecule has 0 spiro atoms. The summed E-state index contributed by atoms with van der Waals surface area (Å²) in [5.74, 6) is -0.0366. The van der Waals surface area contributed by atoms with Crippen molar-refractivity contribution < 1.29 is 33.8 Å². The van der Waals surface area contributed by atoms with Crippen LogP contribution in [0.5, 0.6) is 0 Å². The summed E-state index contributed by atoms with van der Waals surface area (Å²) < 4.78 is 21.4. The third-order valence-electron chi connectivity index (χ3n) is 2.87. The van der Waals surface area contributed by atoms with Crippen molar-refractivity contribution in [2.45, 2.75) is 24.5 Å². The van der Waals surface area contributed by atoms with Crippen LogP contribution < -0.4 is 11.4 Å². The van der Waals surface area contributed by atoms with Crippen LogP contribution in [0.25, 0.3) is 0 Å². The van der Waals surface area contributed by atoms with E-state index < -0.39 is 44.7 Å². The average Bonchev–Trinajstić information content (AvgIpc) is 2.65. The van der Waals surface area contributed by atoms with Crippen molar-refractivity contribution in [1.82, 2.24) is 9.55 Å². The molecule has 11 nitrogen and oxygen atoms in total. The van der Waals surface area contributed by atoms with E-state index in [0.717, 1.165) is 4.57 Å². The number of hydrogen-bond acceptors (Lipinski definition) is 8. The standard InChI is InChI=1S/C9H14N3O8P/c10-5-1-2-12(9(15)11-5)8-6(14)7(4(3-13)19-8)20-21(16,17)18/h1-2,4,6-8,13-14H,3H2,(H2,10,11,15)(H2,16,17,18)/t4-,6-,7+,8-/m0/s1. The number of ether oxygens (including phenoxy) is 1. The van der Waals surface area contributed by atoms with E-state index in [4.69, 9.17) is 25.4 Å². The second kappa shape index (κ2) is 5.81. The van der Waals surface area contributed by atoms with Gasteiger partial charge in [-0.15, -0.1) is 0 Å². The van der Waals surface area contributed by atoms with Gasteiger partial charge in [-0.05, 0) is 6.07 Å². The molecule has 12 heteroatoms. The predicted molar refractivity (Wildman–Crippen MR) is 66.8 cm³/mol. The third-order valence-corrected chi connectivity index (χ3v) is 3.39. The van der Waals surface area contributed by atoms with Crippen molar-refractivity contribution >= 4 is 13.6 Å². The van der Waals surface area contributed by atoms with Gasteiger partial charge in [-0.1, -0.05) is 0 Å². The summed E-state index contributed by atoms with van der Waals surface area (Å²) in [6, 6.07) is 1.28. The molecular weight excluding hydrogens is 309 g/mol. The number of phosphoric ester groups is 1. The molecule has 0 bridgehead atoms. The lowest BCUT2D eigenvalue weighted by atomic mass is 10.1. The summed E-state index contributed by atoms with van der Waals surface area (Å²) in [6.45, 7) is -0.671. The molecule has 0 radical (unpaired) electrons. The molecule has 0 unspecified atom stereocenters. The van der Waals surface area contributed by atoms with E-state index in [2.05, 4.69) is 9.51 Å². The van der Waals surface area contributed by atoms with E-state index in [9.17, 15) is 14.5 Å². The summed E-state index contributed by atoms with van der Waals surface area (Å²) in [7, 11) is -4.91. The van der Waals surface area contributed by atoms with Crippen LogP contribution in [-0.2, 0) is 13.8 Å². The number of nitrogens with two attached hydrogens (primary N) is 1. The second-order valence-corrected chi connectivity index (χ2v) is 5.53. The van der Waals surface area contributed by atoms with Crippen LogP contribution in [0, 0.1) is 0 Å². The maximum Gasteiger partial charge on any atom is 0.470 e. The zero-order valence-corrected chi connectivity index (χ0v) is 11.4. The van der Waals surface area contributed by atoms with Gasteiger partial charge in [0, 0.05) is 6.20 Å². The highest BCUT2D eigenvalue weighted by Crippen LogP contribution is 2.43. The summed E-state index contributed by atoms with van der Waals surface area (Å²) in [6.07, 6.45) is -4.45. The molecule has 1 fully saturated rings. The van der Waals surface area contributed by atoms with Gasteiger partial charge in [0.1, 0.15) is 24.1 Å². The van der Waals surface area contributed by atoms with Crippen LogP contribution in [0.1, 0.15) is 6.23 Å². The first-order chi connectivity index (χ1) is 9.73. The number of nitrogens with zero attached hydrogens (tertiary/aromatic N) is 2. The smallest absolute Gasteiger partial charge is 0.394 e. The summed E-state index contributed by atoms with van der Waals surface area (Å²) in [4.78, 5) is 32.7. The van der Waals surface area contributed by atoms with Crippen LogP contribution in [0.15, 0.2) is 17.1 Å². The first-order valence-electron chi connectivity index (χ1n) is 5.76. The second-order valence-electron chi connectivity index (χ2n) is 4.34. The number of hydrogen-bond donors (Lipinski definition) is 5. The molecule has 4 atom stereocenters. The molecule has 1 aliphatic heterocycles. The highest BCUT2D eigenvalue weighted by atomic mass is 31.2. The highest BCUT2D eigenvalue weighted by molar-refractivity contribution is 7.46. The summed E-state index contributed by atoms with van der Waals surface area (Å²) in [5.41, 5.74) is 4.50. The lowest BCUT2D eigenvalue weighted by Crippen LogP contribution is -2.37. The van der Waals surface area contributed by atoms with E-state index in [1.165, 1.54) is 12.3 Å². The number of aliphatic hydroxyl groups excluding tert-OH is 2. The normalized spacial score (nSPS) is 29.7. The average molecular weight is 323 g/mol. The quantitative estimate of drug-likeness (QED) is 0.374. The van der Waals surface area contributed by atoms with Gasteiger partial charge in [0.05, 0.1) is 6.61 Å². The number of aromatic nitrogens is 2. The van der Waals surface area contributed by atoms with Crippen LogP contribution in [-0.4, -0.2) is 54.5 Å². The van der Waals surface area contributed by atoms with Crippen molar-refractivity contribution in [2.75, 3.05) is 12.3 Å². The molecule has 0 aliphatic carbocycles. The van der Waals surface area contributed by atoms with Crippen molar-refractivity contribution in [1.29, 1.82) is 0 Å². The molecule has 0 aromatic carbocycles. The number of phosphoric acid groups is 1. The van der Waals surface area contributed by atoms with Crippen molar-refractivity contribution in [3.05, 3.63) is 22.7 Å². The van der Waals surface area contributed by atoms with E-state index in [1.54, 1.807) is 0 Å². The largest absolute Gasteiger partial charge is 0.470 e. The van der Waals surface area contributed by atoms with Crippen LogP contribution in [0.2, 0.25) is 0 Å². The molecule has 21 heavy (non-hydrogen) atoms. The van der Waals surface area contributed by atoms with Crippen LogP contribution >= 0.6 is 7.82 Å². The fraction of sp³-hybridized carbons (Fsp3) is 0.556. The molecule has 1 aromatic rings. The Morgan fingerprint density at radius 3 is 2.71 bits per heavy atom. The Labute approximate surface area is 117 Å². The Morgan fingerprint density at radius 1 is 1.52 bits per heavy atom. The molecule has 6 N–H and O–H groups in total. The predicted octanol–water partition coefficient (Wildman–Crippen LogP) is -2.45. The molecule has 1 aromatic heterocycles. The lowest BCUT2D eigenvalue weighted by molar-refractivity contribution is -0.0548. The minimum Gasteiger partial charge on any atom is -0.394 e. The fourth-order valence-electron chi connectivity index (χ4n) is 2.00. The molecule has 118 valence electrons. The van der Waals surface area contributed by atoms with Crippen LogP contribution in [0.4, 0.5) is 5.82 Å². The maximum absolute atomic E-state index is 11.7. The van der Waals surface area contributed by atoms with Crippen molar-refractivity contribution in [3.8, 4) is 0 Å². The van der Waals surface area contributed by atoms with Crippen LogP contribution in [0.3, 0.4) is 0 Å². The fourth-order valence-corrected chi connectivity index (χ4v) is 2.58. The van der Waals surface area contributed by atoms with Gasteiger partial charge in [-0.3, -0.25) is 9.09 Å². The Hall–Kier alpha value is -1.33. The van der Waals surface area contributed by atoms with Gasteiger partial charge >= 0.3 is 13.5 Å². The molecule has 2 rings (SSSR count). The molecule has 1 aliphatic rings. The van der Waals surface area contributed by atoms with E-state index >= 15 is 0 Å². The van der Waals surface area contributed by atoms with E-state index in [1.807, 2.05) is 0 Å². The Bertz CT molecular complexity index is 615. The first-order valence-corrected chi connectivity index (χ1v) is 7.29. The minimum absolute atomic E-state index is 0.0366. The van der Waals surface area contributed by atoms with Gasteiger partial charge in [0.2, 0.25) is 0 Å². The zero-order chi connectivity index (χ0) is 15.8. The monoisotopic (exact) mass is 323 g/mol. The van der Waals surface area contributed by atoms with Gasteiger partial charge in [-0.25, -0.2) is 9.36 Å². The molecule has 0 saturated carbocycles. The van der Waals surface area contributed by atoms with Gasteiger partial charge in [-0.2, -0.15) is 4.98 Å². The molecular formula is C9H14N3O8P. The number of aliphatic hydroxyl groups is 2. The Balaban J connectivity index is 2.31. The summed E-state index contributed by atoms with van der Waals surface area (Å²) >= 11 is 0. The van der Waals surface area contributed by atoms with Gasteiger partial charge < -0.3 is 30.5 Å². The zero-order valence-electron chi connectivity index (χ0n) is 10.5. The molecule has 1 saturated heterocycles. The topological polar surface area (TPSA) is 177 Å². The number of nitrogen functional groups attached to an aromatic ring is 1. The van der Waals surface area contributed by atoms with Crippen molar-refractivity contribution in [2.24, 2.45) is 0 Å². The highest BCUT2D eigenvalue weighted by Gasteiger charge is 2.48. The molecule has 2 heterocycles. The Kier molecular flexibility index (Phi) is 4.44. The number of rotatable bonds is 4. The molecule has 0 amide bonds. The summed E-state index contributed by atoms with van der Waals surface area (Å²) in [5, 5.41) is 19.2. The minimum atomic E-state index is -4.91. The third kappa shape index (κ3) is 3.47. The van der Waals surface area contributed by atoms with Gasteiger partial charge in [0.25, 0.3) is 0 Å². The Morgan fingerprint density at radius 2 is 2.19 bits per heavy atom. The number of anilines is 1. The van der Waals surface area contributed by atoms with Gasteiger partial charge in [0.15, 0.2) is 6.23 Å². The maximum atomic E-state index is 11.7.